The summed E-state index contributed by atoms with van der Waals surface area (Å²) < 4.78 is 5.75. The standard InChI is InChI=1S/C18H20ClNO2/c1-4-17(22-15-10-8-14(19)9-11-15)18(21)20-16-7-5-6-12(2)13(16)3/h5-11,17H,4H2,1-3H3,(H,20,21)/t17-/m0/s1. The Balaban J connectivity index is 2.08. The zero-order valence-corrected chi connectivity index (χ0v) is 13.8. The molecule has 2 aromatic carbocycles. The number of carbonyl (C=O) groups is 1. The molecule has 0 radical (unpaired) electrons. The van der Waals surface area contributed by atoms with Crippen LogP contribution in [0.3, 0.4) is 0 Å². The van der Waals surface area contributed by atoms with Crippen LogP contribution in [0.5, 0.6) is 5.75 Å². The van der Waals surface area contributed by atoms with Crippen LogP contribution in [0, 0.1) is 13.8 Å². The first kappa shape index (κ1) is 16.4. The van der Waals surface area contributed by atoms with Gasteiger partial charge in [0.15, 0.2) is 6.10 Å². The number of hydrogen-bond acceptors (Lipinski definition) is 2. The molecule has 0 unspecified atom stereocenters. The second-order valence-corrected chi connectivity index (χ2v) is 5.64. The molecule has 1 amide bonds. The van der Waals surface area contributed by atoms with Crippen molar-refractivity contribution < 1.29 is 9.53 Å². The fourth-order valence-corrected chi connectivity index (χ4v) is 2.23. The van der Waals surface area contributed by atoms with Crippen molar-refractivity contribution in [3.63, 3.8) is 0 Å². The number of anilines is 1. The molecule has 0 saturated carbocycles. The maximum absolute atomic E-state index is 12.4. The number of aryl methyl sites for hydroxylation is 1. The van der Waals surface area contributed by atoms with E-state index in [-0.39, 0.29) is 5.91 Å². The first-order valence-corrected chi connectivity index (χ1v) is 7.68. The molecule has 0 bridgehead atoms. The Labute approximate surface area is 136 Å². The second-order valence-electron chi connectivity index (χ2n) is 5.21. The van der Waals surface area contributed by atoms with Crippen molar-refractivity contribution in [2.24, 2.45) is 0 Å². The maximum atomic E-state index is 12.4. The van der Waals surface area contributed by atoms with Gasteiger partial charge in [-0.1, -0.05) is 30.7 Å². The summed E-state index contributed by atoms with van der Waals surface area (Å²) in [4.78, 5) is 12.4. The van der Waals surface area contributed by atoms with Gasteiger partial charge in [-0.05, 0) is 61.7 Å². The molecule has 2 aromatic rings. The van der Waals surface area contributed by atoms with Crippen molar-refractivity contribution in [3.05, 3.63) is 58.6 Å². The summed E-state index contributed by atoms with van der Waals surface area (Å²) in [6.07, 6.45) is 0.0420. The van der Waals surface area contributed by atoms with Gasteiger partial charge < -0.3 is 10.1 Å². The van der Waals surface area contributed by atoms with Gasteiger partial charge in [-0.25, -0.2) is 0 Å². The molecule has 2 rings (SSSR count). The van der Waals surface area contributed by atoms with E-state index in [1.54, 1.807) is 24.3 Å². The van der Waals surface area contributed by atoms with Crippen molar-refractivity contribution in [3.8, 4) is 5.75 Å². The smallest absolute Gasteiger partial charge is 0.265 e. The van der Waals surface area contributed by atoms with Crippen LogP contribution in [0.2, 0.25) is 5.02 Å². The maximum Gasteiger partial charge on any atom is 0.265 e. The molecule has 0 saturated heterocycles. The summed E-state index contributed by atoms with van der Waals surface area (Å²) in [7, 11) is 0. The van der Waals surface area contributed by atoms with Gasteiger partial charge in [-0.2, -0.15) is 0 Å². The molecule has 1 atom stereocenters. The molecule has 0 aliphatic carbocycles. The van der Waals surface area contributed by atoms with E-state index in [9.17, 15) is 4.79 Å². The lowest BCUT2D eigenvalue weighted by Crippen LogP contribution is -2.32. The Morgan fingerprint density at radius 1 is 1.18 bits per heavy atom. The molecule has 0 spiro atoms. The van der Waals surface area contributed by atoms with Gasteiger partial charge in [-0.3, -0.25) is 4.79 Å². The van der Waals surface area contributed by atoms with Gasteiger partial charge in [0, 0.05) is 10.7 Å². The molecule has 0 aromatic heterocycles. The van der Waals surface area contributed by atoms with E-state index in [1.165, 1.54) is 0 Å². The minimum atomic E-state index is -0.541. The fourth-order valence-electron chi connectivity index (χ4n) is 2.10. The SMILES string of the molecule is CC[C@H](Oc1ccc(Cl)cc1)C(=O)Nc1cccc(C)c1C. The minimum Gasteiger partial charge on any atom is -0.481 e. The molecule has 0 aliphatic rings. The van der Waals surface area contributed by atoms with Crippen LogP contribution in [-0.2, 0) is 4.79 Å². The molecular weight excluding hydrogens is 298 g/mol. The second kappa shape index (κ2) is 7.32. The molecule has 4 heteroatoms. The summed E-state index contributed by atoms with van der Waals surface area (Å²) in [6.45, 7) is 5.93. The van der Waals surface area contributed by atoms with E-state index in [0.29, 0.717) is 17.2 Å². The van der Waals surface area contributed by atoms with Gasteiger partial charge in [0.05, 0.1) is 0 Å². The zero-order chi connectivity index (χ0) is 16.1. The molecule has 0 heterocycles. The van der Waals surface area contributed by atoms with Crippen LogP contribution < -0.4 is 10.1 Å². The highest BCUT2D eigenvalue weighted by Gasteiger charge is 2.19. The monoisotopic (exact) mass is 317 g/mol. The third kappa shape index (κ3) is 4.01. The van der Waals surface area contributed by atoms with Gasteiger partial charge in [0.2, 0.25) is 0 Å². The lowest BCUT2D eigenvalue weighted by atomic mass is 10.1. The molecular formula is C18H20ClNO2. The number of ether oxygens (including phenoxy) is 1. The van der Waals surface area contributed by atoms with Crippen molar-refractivity contribution in [2.45, 2.75) is 33.3 Å². The average Bonchev–Trinajstić information content (AvgIpc) is 2.51. The van der Waals surface area contributed by atoms with Crippen LogP contribution in [-0.4, -0.2) is 12.0 Å². The molecule has 3 nitrogen and oxygen atoms in total. The lowest BCUT2D eigenvalue weighted by molar-refractivity contribution is -0.122. The summed E-state index contributed by atoms with van der Waals surface area (Å²) in [5.74, 6) is 0.485. The van der Waals surface area contributed by atoms with Crippen LogP contribution in [0.4, 0.5) is 5.69 Å². The first-order valence-electron chi connectivity index (χ1n) is 7.30. The largest absolute Gasteiger partial charge is 0.481 e. The Morgan fingerprint density at radius 3 is 2.50 bits per heavy atom. The quantitative estimate of drug-likeness (QED) is 0.864. The van der Waals surface area contributed by atoms with E-state index >= 15 is 0 Å². The molecule has 1 N–H and O–H groups in total. The number of hydrogen-bond donors (Lipinski definition) is 1. The predicted octanol–water partition coefficient (Wildman–Crippen LogP) is 4.75. The fraction of sp³-hybridized carbons (Fsp3) is 0.278. The van der Waals surface area contributed by atoms with E-state index in [1.807, 2.05) is 39.0 Å². The van der Waals surface area contributed by atoms with Crippen molar-refractivity contribution in [2.75, 3.05) is 5.32 Å². The first-order chi connectivity index (χ1) is 10.5. The van der Waals surface area contributed by atoms with Crippen molar-refractivity contribution in [1.82, 2.24) is 0 Å². The molecule has 0 aliphatic heterocycles. The van der Waals surface area contributed by atoms with E-state index < -0.39 is 6.10 Å². The highest BCUT2D eigenvalue weighted by atomic mass is 35.5. The Kier molecular flexibility index (Phi) is 5.45. The van der Waals surface area contributed by atoms with E-state index in [2.05, 4.69) is 5.32 Å². The number of rotatable bonds is 5. The summed E-state index contributed by atoms with van der Waals surface area (Å²) >= 11 is 5.85. The van der Waals surface area contributed by atoms with Gasteiger partial charge in [-0.15, -0.1) is 0 Å². The molecule has 0 fully saturated rings. The Bertz CT molecular complexity index is 653. The topological polar surface area (TPSA) is 38.3 Å². The number of amides is 1. The predicted molar refractivity (Wildman–Crippen MR) is 90.7 cm³/mol. The normalized spacial score (nSPS) is 11.8. The number of nitrogens with one attached hydrogen (secondary N) is 1. The molecule has 116 valence electrons. The summed E-state index contributed by atoms with van der Waals surface area (Å²) in [6, 6.07) is 12.9. The number of halogens is 1. The van der Waals surface area contributed by atoms with Gasteiger partial charge in [0.1, 0.15) is 5.75 Å². The van der Waals surface area contributed by atoms with Crippen LogP contribution in [0.25, 0.3) is 0 Å². The van der Waals surface area contributed by atoms with Gasteiger partial charge >= 0.3 is 0 Å². The van der Waals surface area contributed by atoms with E-state index in [4.69, 9.17) is 16.3 Å². The number of benzene rings is 2. The Morgan fingerprint density at radius 2 is 1.86 bits per heavy atom. The third-order valence-corrected chi connectivity index (χ3v) is 3.87. The Hall–Kier alpha value is -2.00. The highest BCUT2D eigenvalue weighted by Crippen LogP contribution is 2.21. The summed E-state index contributed by atoms with van der Waals surface area (Å²) in [5.41, 5.74) is 3.03. The molecule has 22 heavy (non-hydrogen) atoms. The van der Waals surface area contributed by atoms with E-state index in [0.717, 1.165) is 16.8 Å². The van der Waals surface area contributed by atoms with Crippen LogP contribution >= 0.6 is 11.6 Å². The van der Waals surface area contributed by atoms with Crippen LogP contribution in [0.15, 0.2) is 42.5 Å². The van der Waals surface area contributed by atoms with Crippen LogP contribution in [0.1, 0.15) is 24.5 Å². The van der Waals surface area contributed by atoms with Crippen molar-refractivity contribution in [1.29, 1.82) is 0 Å². The summed E-state index contributed by atoms with van der Waals surface area (Å²) in [5, 5.41) is 3.58. The minimum absolute atomic E-state index is 0.147. The van der Waals surface area contributed by atoms with Crippen molar-refractivity contribution >= 4 is 23.2 Å². The number of carbonyl (C=O) groups excluding carboxylic acids is 1. The highest BCUT2D eigenvalue weighted by molar-refractivity contribution is 6.30. The lowest BCUT2D eigenvalue weighted by Gasteiger charge is -2.18. The van der Waals surface area contributed by atoms with Gasteiger partial charge in [0.25, 0.3) is 5.91 Å². The zero-order valence-electron chi connectivity index (χ0n) is 13.0. The average molecular weight is 318 g/mol. The third-order valence-electron chi connectivity index (χ3n) is 3.62.